The third-order valence-electron chi connectivity index (χ3n) is 4.24. The van der Waals surface area contributed by atoms with Crippen LogP contribution in [-0.2, 0) is 0 Å². The van der Waals surface area contributed by atoms with Gasteiger partial charge in [-0.15, -0.1) is 0 Å². The van der Waals surface area contributed by atoms with Crippen molar-refractivity contribution in [1.82, 2.24) is 15.5 Å². The Hall–Kier alpha value is -0.770. The zero-order valence-electron chi connectivity index (χ0n) is 12.9. The van der Waals surface area contributed by atoms with Crippen LogP contribution in [0.3, 0.4) is 0 Å². The van der Waals surface area contributed by atoms with Crippen LogP contribution in [-0.4, -0.2) is 49.1 Å². The summed E-state index contributed by atoms with van der Waals surface area (Å²) >= 11 is 0. The van der Waals surface area contributed by atoms with Gasteiger partial charge < -0.3 is 10.6 Å². The van der Waals surface area contributed by atoms with Gasteiger partial charge in [-0.1, -0.05) is 6.92 Å². The zero-order valence-corrected chi connectivity index (χ0v) is 12.9. The van der Waals surface area contributed by atoms with E-state index in [0.717, 1.165) is 31.5 Å². The maximum Gasteiger partial charge on any atom is 0.191 e. The van der Waals surface area contributed by atoms with Crippen LogP contribution in [0.25, 0.3) is 0 Å². The Kier molecular flexibility index (Phi) is 5.08. The van der Waals surface area contributed by atoms with Gasteiger partial charge in [0.2, 0.25) is 0 Å². The molecule has 4 heteroatoms. The van der Waals surface area contributed by atoms with E-state index in [2.05, 4.69) is 43.2 Å². The number of nitrogens with one attached hydrogen (secondary N) is 2. The SMILES string of the molecule is CCNC(=NCC1CC1)NC1CN(C(C)C)CC1C. The molecule has 1 heterocycles. The van der Waals surface area contributed by atoms with E-state index in [4.69, 9.17) is 4.99 Å². The molecule has 2 aliphatic rings. The van der Waals surface area contributed by atoms with Crippen molar-refractivity contribution in [3.63, 3.8) is 0 Å². The van der Waals surface area contributed by atoms with Crippen molar-refractivity contribution >= 4 is 5.96 Å². The fourth-order valence-electron chi connectivity index (χ4n) is 2.63. The number of hydrogen-bond donors (Lipinski definition) is 2. The van der Waals surface area contributed by atoms with Crippen molar-refractivity contribution < 1.29 is 0 Å². The lowest BCUT2D eigenvalue weighted by Gasteiger charge is -2.21. The second-order valence-corrected chi connectivity index (χ2v) is 6.44. The van der Waals surface area contributed by atoms with Gasteiger partial charge in [-0.05, 0) is 45.4 Å². The van der Waals surface area contributed by atoms with E-state index < -0.39 is 0 Å². The van der Waals surface area contributed by atoms with Crippen LogP contribution in [0.4, 0.5) is 0 Å². The van der Waals surface area contributed by atoms with Crippen molar-refractivity contribution in [2.24, 2.45) is 16.8 Å². The van der Waals surface area contributed by atoms with E-state index in [1.54, 1.807) is 0 Å². The van der Waals surface area contributed by atoms with Crippen molar-refractivity contribution in [2.75, 3.05) is 26.2 Å². The van der Waals surface area contributed by atoms with Gasteiger partial charge in [-0.2, -0.15) is 0 Å². The highest BCUT2D eigenvalue weighted by molar-refractivity contribution is 5.80. The molecule has 0 spiro atoms. The summed E-state index contributed by atoms with van der Waals surface area (Å²) in [5.74, 6) is 2.55. The lowest BCUT2D eigenvalue weighted by Crippen LogP contribution is -2.47. The predicted octanol–water partition coefficient (Wildman–Crippen LogP) is 1.68. The molecule has 2 rings (SSSR count). The van der Waals surface area contributed by atoms with Crippen LogP contribution in [0.1, 0.15) is 40.5 Å². The molecule has 2 N–H and O–H groups in total. The van der Waals surface area contributed by atoms with Gasteiger partial charge in [0.1, 0.15) is 0 Å². The van der Waals surface area contributed by atoms with E-state index in [1.807, 2.05) is 0 Å². The third-order valence-corrected chi connectivity index (χ3v) is 4.24. The highest BCUT2D eigenvalue weighted by atomic mass is 15.3. The fourth-order valence-corrected chi connectivity index (χ4v) is 2.63. The average Bonchev–Trinajstić information content (AvgIpc) is 3.11. The van der Waals surface area contributed by atoms with E-state index in [-0.39, 0.29) is 0 Å². The Balaban J connectivity index is 1.87. The molecule has 2 atom stereocenters. The third kappa shape index (κ3) is 4.37. The van der Waals surface area contributed by atoms with E-state index in [9.17, 15) is 0 Å². The fraction of sp³-hybridized carbons (Fsp3) is 0.933. The summed E-state index contributed by atoms with van der Waals surface area (Å²) in [4.78, 5) is 7.27. The molecule has 2 unspecified atom stereocenters. The molecular weight excluding hydrogens is 236 g/mol. The Morgan fingerprint density at radius 1 is 1.32 bits per heavy atom. The summed E-state index contributed by atoms with van der Waals surface area (Å²) in [6.07, 6.45) is 2.73. The van der Waals surface area contributed by atoms with Crippen LogP contribution in [0, 0.1) is 11.8 Å². The van der Waals surface area contributed by atoms with Gasteiger partial charge in [0.05, 0.1) is 0 Å². The lowest BCUT2D eigenvalue weighted by atomic mass is 10.1. The minimum absolute atomic E-state index is 0.527. The summed E-state index contributed by atoms with van der Waals surface area (Å²) in [6, 6.07) is 1.17. The summed E-state index contributed by atoms with van der Waals surface area (Å²) < 4.78 is 0. The van der Waals surface area contributed by atoms with Crippen LogP contribution in [0.5, 0.6) is 0 Å². The standard InChI is InChI=1S/C15H30N4/c1-5-16-15(17-8-13-6-7-13)18-14-10-19(11(2)3)9-12(14)4/h11-14H,5-10H2,1-4H3,(H2,16,17,18). The van der Waals surface area contributed by atoms with Crippen molar-refractivity contribution in [2.45, 2.75) is 52.6 Å². The summed E-state index contributed by atoms with van der Waals surface area (Å²) in [6.45, 7) is 13.3. The monoisotopic (exact) mass is 266 g/mol. The van der Waals surface area contributed by atoms with Crippen molar-refractivity contribution in [3.05, 3.63) is 0 Å². The number of likely N-dealkylation sites (tertiary alicyclic amines) is 1. The first-order valence-corrected chi connectivity index (χ1v) is 7.89. The van der Waals surface area contributed by atoms with Gasteiger partial charge in [0.25, 0.3) is 0 Å². The number of hydrogen-bond acceptors (Lipinski definition) is 2. The average molecular weight is 266 g/mol. The summed E-state index contributed by atoms with van der Waals surface area (Å²) in [7, 11) is 0. The first-order valence-electron chi connectivity index (χ1n) is 7.89. The Morgan fingerprint density at radius 2 is 2.05 bits per heavy atom. The first kappa shape index (κ1) is 14.6. The minimum Gasteiger partial charge on any atom is -0.357 e. The first-order chi connectivity index (χ1) is 9.10. The van der Waals surface area contributed by atoms with E-state index in [0.29, 0.717) is 18.0 Å². The molecule has 1 aliphatic carbocycles. The predicted molar refractivity (Wildman–Crippen MR) is 81.5 cm³/mol. The molecule has 0 bridgehead atoms. The van der Waals surface area contributed by atoms with Crippen LogP contribution in [0.15, 0.2) is 4.99 Å². The molecule has 2 fully saturated rings. The number of guanidine groups is 1. The van der Waals surface area contributed by atoms with Gasteiger partial charge in [0.15, 0.2) is 5.96 Å². The maximum atomic E-state index is 4.72. The minimum atomic E-state index is 0.527. The number of rotatable bonds is 5. The van der Waals surface area contributed by atoms with Crippen LogP contribution >= 0.6 is 0 Å². The largest absolute Gasteiger partial charge is 0.357 e. The van der Waals surface area contributed by atoms with Crippen LogP contribution < -0.4 is 10.6 Å². The summed E-state index contributed by atoms with van der Waals surface area (Å²) in [5, 5.41) is 7.01. The van der Waals surface area contributed by atoms with E-state index >= 15 is 0 Å². The zero-order chi connectivity index (χ0) is 13.8. The smallest absolute Gasteiger partial charge is 0.191 e. The lowest BCUT2D eigenvalue weighted by molar-refractivity contribution is 0.265. The number of nitrogens with zero attached hydrogens (tertiary/aromatic N) is 2. The normalized spacial score (nSPS) is 29.0. The van der Waals surface area contributed by atoms with Crippen LogP contribution in [0.2, 0.25) is 0 Å². The molecule has 19 heavy (non-hydrogen) atoms. The van der Waals surface area contributed by atoms with Gasteiger partial charge in [-0.3, -0.25) is 9.89 Å². The molecule has 4 nitrogen and oxygen atoms in total. The Bertz CT molecular complexity index is 309. The second kappa shape index (κ2) is 6.60. The quantitative estimate of drug-likeness (QED) is 0.587. The molecule has 0 radical (unpaired) electrons. The molecule has 0 aromatic heterocycles. The van der Waals surface area contributed by atoms with Crippen molar-refractivity contribution in [1.29, 1.82) is 0 Å². The molecule has 0 aromatic rings. The molecule has 0 aromatic carbocycles. The molecule has 1 aliphatic heterocycles. The molecular formula is C15H30N4. The molecule has 1 saturated heterocycles. The van der Waals surface area contributed by atoms with Crippen molar-refractivity contribution in [3.8, 4) is 0 Å². The Morgan fingerprint density at radius 3 is 2.58 bits per heavy atom. The molecule has 0 amide bonds. The highest BCUT2D eigenvalue weighted by Gasteiger charge is 2.31. The van der Waals surface area contributed by atoms with Gasteiger partial charge >= 0.3 is 0 Å². The van der Waals surface area contributed by atoms with E-state index in [1.165, 1.54) is 19.4 Å². The second-order valence-electron chi connectivity index (χ2n) is 6.44. The Labute approximate surface area is 118 Å². The molecule has 1 saturated carbocycles. The highest BCUT2D eigenvalue weighted by Crippen LogP contribution is 2.28. The number of aliphatic imine (C=N–C) groups is 1. The topological polar surface area (TPSA) is 39.7 Å². The maximum absolute atomic E-state index is 4.72. The molecule has 110 valence electrons. The van der Waals surface area contributed by atoms with Gasteiger partial charge in [-0.25, -0.2) is 0 Å². The summed E-state index contributed by atoms with van der Waals surface area (Å²) in [5.41, 5.74) is 0. The van der Waals surface area contributed by atoms with Gasteiger partial charge in [0, 0.05) is 38.3 Å².